The second-order valence-corrected chi connectivity index (χ2v) is 6.59. The largest absolute Gasteiger partial charge is 0.495 e. The molecule has 7 heteroatoms. The molecule has 0 saturated carbocycles. The van der Waals surface area contributed by atoms with Crippen LogP contribution in [0.2, 0.25) is 5.02 Å². The third kappa shape index (κ3) is 4.53. The van der Waals surface area contributed by atoms with Crippen LogP contribution in [0.1, 0.15) is 11.1 Å². The first-order valence-electron chi connectivity index (χ1n) is 8.04. The molecule has 0 spiro atoms. The Hall–Kier alpha value is -2.57. The van der Waals surface area contributed by atoms with E-state index in [1.54, 1.807) is 11.8 Å². The van der Waals surface area contributed by atoms with E-state index in [0.29, 0.717) is 17.5 Å². The number of hydrogen-bond donors (Lipinski definition) is 2. The number of hydrogen-bond acceptors (Lipinski definition) is 3. The van der Waals surface area contributed by atoms with E-state index in [2.05, 4.69) is 15.7 Å². The third-order valence-electron chi connectivity index (χ3n) is 3.78. The van der Waals surface area contributed by atoms with Crippen LogP contribution in [-0.2, 0) is 6.54 Å². The molecule has 2 N–H and O–H groups in total. The smallest absolute Gasteiger partial charge is 0.176 e. The molecular weight excluding hydrogens is 368 g/mol. The van der Waals surface area contributed by atoms with Gasteiger partial charge in [0.1, 0.15) is 5.75 Å². The summed E-state index contributed by atoms with van der Waals surface area (Å²) in [6, 6.07) is 15.4. The lowest BCUT2D eigenvalue weighted by Gasteiger charge is -2.13. The van der Waals surface area contributed by atoms with E-state index in [1.165, 1.54) is 0 Å². The maximum absolute atomic E-state index is 6.20. The van der Waals surface area contributed by atoms with Crippen molar-refractivity contribution in [2.75, 3.05) is 17.7 Å². The molecule has 0 aliphatic heterocycles. The summed E-state index contributed by atoms with van der Waals surface area (Å²) in [7, 11) is 1.63. The van der Waals surface area contributed by atoms with E-state index in [9.17, 15) is 0 Å². The number of halogens is 1. The Morgan fingerprint density at radius 1 is 1.19 bits per heavy atom. The molecule has 2 aromatic carbocycles. The van der Waals surface area contributed by atoms with E-state index in [-0.39, 0.29) is 0 Å². The molecule has 0 amide bonds. The van der Waals surface area contributed by atoms with Gasteiger partial charge < -0.3 is 15.4 Å². The highest BCUT2D eigenvalue weighted by Crippen LogP contribution is 2.25. The van der Waals surface area contributed by atoms with Gasteiger partial charge >= 0.3 is 0 Å². The van der Waals surface area contributed by atoms with E-state index in [1.807, 2.05) is 61.7 Å². The molecule has 0 fully saturated rings. The summed E-state index contributed by atoms with van der Waals surface area (Å²) in [5.74, 6) is 1.38. The first-order valence-corrected chi connectivity index (χ1v) is 8.83. The summed E-state index contributed by atoms with van der Waals surface area (Å²) >= 11 is 11.6. The van der Waals surface area contributed by atoms with Gasteiger partial charge in [0, 0.05) is 17.3 Å². The van der Waals surface area contributed by atoms with Gasteiger partial charge in [0.15, 0.2) is 10.9 Å². The Morgan fingerprint density at radius 2 is 2.00 bits per heavy atom. The Labute approximate surface area is 162 Å². The van der Waals surface area contributed by atoms with Gasteiger partial charge in [-0.3, -0.25) is 4.68 Å². The van der Waals surface area contributed by atoms with Crippen LogP contribution in [0.3, 0.4) is 0 Å². The SMILES string of the molecule is COc1ccc(C)cc1NC(=S)Nc1ccn(Cc2ccccc2Cl)n1. The van der Waals surface area contributed by atoms with Crippen molar-refractivity contribution in [2.24, 2.45) is 0 Å². The van der Waals surface area contributed by atoms with Gasteiger partial charge in [-0.15, -0.1) is 0 Å². The van der Waals surface area contributed by atoms with E-state index in [0.717, 1.165) is 27.6 Å². The van der Waals surface area contributed by atoms with E-state index < -0.39 is 0 Å². The number of thiocarbonyl (C=S) groups is 1. The van der Waals surface area contributed by atoms with Gasteiger partial charge in [-0.2, -0.15) is 5.10 Å². The molecular formula is C19H19ClN4OS. The summed E-state index contributed by atoms with van der Waals surface area (Å²) in [5, 5.41) is 11.9. The van der Waals surface area contributed by atoms with Crippen LogP contribution in [0.15, 0.2) is 54.7 Å². The molecule has 0 aliphatic rings. The maximum atomic E-state index is 6.20. The predicted molar refractivity (Wildman–Crippen MR) is 110 cm³/mol. The number of nitrogens with one attached hydrogen (secondary N) is 2. The first-order chi connectivity index (χ1) is 12.5. The first kappa shape index (κ1) is 18.2. The number of rotatable bonds is 5. The average molecular weight is 387 g/mol. The van der Waals surface area contributed by atoms with Gasteiger partial charge in [0.2, 0.25) is 0 Å². The Balaban J connectivity index is 1.65. The molecule has 0 bridgehead atoms. The minimum absolute atomic E-state index is 0.442. The normalized spacial score (nSPS) is 10.4. The highest BCUT2D eigenvalue weighted by atomic mass is 35.5. The van der Waals surface area contributed by atoms with Gasteiger partial charge in [-0.1, -0.05) is 35.9 Å². The number of ether oxygens (including phenoxy) is 1. The average Bonchev–Trinajstić information content (AvgIpc) is 3.04. The van der Waals surface area contributed by atoms with Crippen molar-refractivity contribution in [3.05, 3.63) is 70.9 Å². The monoisotopic (exact) mass is 386 g/mol. The molecule has 1 heterocycles. The number of anilines is 2. The lowest BCUT2D eigenvalue weighted by atomic mass is 10.2. The van der Waals surface area contributed by atoms with Gasteiger partial charge in [0.05, 0.1) is 19.3 Å². The number of methoxy groups -OCH3 is 1. The Kier molecular flexibility index (Phi) is 5.75. The van der Waals surface area contributed by atoms with Crippen LogP contribution in [0.25, 0.3) is 0 Å². The second kappa shape index (κ2) is 8.21. The summed E-state index contributed by atoms with van der Waals surface area (Å²) in [6.45, 7) is 2.60. The molecule has 0 unspecified atom stereocenters. The van der Waals surface area contributed by atoms with Crippen molar-refractivity contribution in [1.29, 1.82) is 0 Å². The van der Waals surface area contributed by atoms with Crippen molar-refractivity contribution < 1.29 is 4.74 Å². The fraction of sp³-hybridized carbons (Fsp3) is 0.158. The minimum Gasteiger partial charge on any atom is -0.495 e. The highest BCUT2D eigenvalue weighted by molar-refractivity contribution is 7.80. The quantitative estimate of drug-likeness (QED) is 0.622. The summed E-state index contributed by atoms with van der Waals surface area (Å²) in [6.07, 6.45) is 1.88. The van der Waals surface area contributed by atoms with Gasteiger partial charge in [0.25, 0.3) is 0 Å². The molecule has 0 atom stereocenters. The molecule has 1 aromatic heterocycles. The number of nitrogens with zero attached hydrogens (tertiary/aromatic N) is 2. The zero-order chi connectivity index (χ0) is 18.5. The molecule has 26 heavy (non-hydrogen) atoms. The predicted octanol–water partition coefficient (Wildman–Crippen LogP) is 4.71. The fourth-order valence-electron chi connectivity index (χ4n) is 2.51. The number of aryl methyl sites for hydroxylation is 1. The van der Waals surface area contributed by atoms with Crippen molar-refractivity contribution in [1.82, 2.24) is 9.78 Å². The minimum atomic E-state index is 0.442. The Morgan fingerprint density at radius 3 is 2.77 bits per heavy atom. The molecule has 0 saturated heterocycles. The molecule has 0 radical (unpaired) electrons. The van der Waals surface area contributed by atoms with Crippen LogP contribution in [0, 0.1) is 6.92 Å². The van der Waals surface area contributed by atoms with E-state index in [4.69, 9.17) is 28.6 Å². The second-order valence-electron chi connectivity index (χ2n) is 5.77. The third-order valence-corrected chi connectivity index (χ3v) is 4.35. The van der Waals surface area contributed by atoms with Crippen molar-refractivity contribution in [3.8, 4) is 5.75 Å². The van der Waals surface area contributed by atoms with Gasteiger partial charge in [-0.25, -0.2) is 0 Å². The molecule has 134 valence electrons. The standard InChI is InChI=1S/C19H19ClN4OS/c1-13-7-8-17(25-2)16(11-13)21-19(26)22-18-9-10-24(23-18)12-14-5-3-4-6-15(14)20/h3-11H,12H2,1-2H3,(H2,21,22,23,26). The topological polar surface area (TPSA) is 51.1 Å². The molecule has 3 aromatic rings. The molecule has 3 rings (SSSR count). The van der Waals surface area contributed by atoms with E-state index >= 15 is 0 Å². The number of aromatic nitrogens is 2. The van der Waals surface area contributed by atoms with Gasteiger partial charge in [-0.05, 0) is 48.5 Å². The Bertz CT molecular complexity index is 925. The molecule has 0 aliphatic carbocycles. The van der Waals surface area contributed by atoms with Crippen LogP contribution in [0.5, 0.6) is 5.75 Å². The summed E-state index contributed by atoms with van der Waals surface area (Å²) in [4.78, 5) is 0. The van der Waals surface area contributed by atoms with Crippen molar-refractivity contribution >= 4 is 40.4 Å². The van der Waals surface area contributed by atoms with Crippen LogP contribution >= 0.6 is 23.8 Å². The van der Waals surface area contributed by atoms with Crippen molar-refractivity contribution in [3.63, 3.8) is 0 Å². The lowest BCUT2D eigenvalue weighted by molar-refractivity contribution is 0.417. The van der Waals surface area contributed by atoms with Crippen LogP contribution < -0.4 is 15.4 Å². The number of benzene rings is 2. The zero-order valence-corrected chi connectivity index (χ0v) is 16.1. The lowest BCUT2D eigenvalue weighted by Crippen LogP contribution is -2.20. The fourth-order valence-corrected chi connectivity index (χ4v) is 2.92. The molecule has 5 nitrogen and oxygen atoms in total. The van der Waals surface area contributed by atoms with Crippen molar-refractivity contribution in [2.45, 2.75) is 13.5 Å². The van der Waals surface area contributed by atoms with Crippen LogP contribution in [0.4, 0.5) is 11.5 Å². The summed E-state index contributed by atoms with van der Waals surface area (Å²) < 4.78 is 7.16. The zero-order valence-electron chi connectivity index (χ0n) is 14.5. The maximum Gasteiger partial charge on any atom is 0.176 e. The summed E-state index contributed by atoms with van der Waals surface area (Å²) in [5.41, 5.74) is 2.93. The highest BCUT2D eigenvalue weighted by Gasteiger charge is 2.08. The van der Waals surface area contributed by atoms with Crippen LogP contribution in [-0.4, -0.2) is 22.0 Å².